The first kappa shape index (κ1) is 27.0. The standard InChI is InChI=1S/C32H29F2N3O3/c1-40-32(39)29-26(8-3-9-27(29)33)22-11-12-24(28(34)18-22)19-36-31(38)23-6-2-5-20(17-23)10-14-25-15-13-21-7-4-16-35-30(21)37-25/h2-3,5-6,8-9,11-13,15,17-18H,4,7,10,14,16,19H2,1H3,(H,35,37)(H,36,38). The van der Waals surface area contributed by atoms with Crippen molar-refractivity contribution in [2.24, 2.45) is 0 Å². The fourth-order valence-electron chi connectivity index (χ4n) is 4.86. The highest BCUT2D eigenvalue weighted by molar-refractivity contribution is 5.97. The number of pyridine rings is 1. The van der Waals surface area contributed by atoms with E-state index >= 15 is 0 Å². The number of aryl methyl sites for hydroxylation is 3. The number of esters is 1. The van der Waals surface area contributed by atoms with Crippen molar-refractivity contribution >= 4 is 17.7 Å². The minimum atomic E-state index is -0.844. The average Bonchev–Trinajstić information content (AvgIpc) is 2.98. The summed E-state index contributed by atoms with van der Waals surface area (Å²) in [6, 6.07) is 20.0. The van der Waals surface area contributed by atoms with Crippen LogP contribution in [0.25, 0.3) is 11.1 Å². The number of carbonyl (C=O) groups excluding carboxylic acids is 2. The molecule has 0 saturated carbocycles. The Kier molecular flexibility index (Phi) is 8.15. The lowest BCUT2D eigenvalue weighted by atomic mass is 9.98. The first-order valence-electron chi connectivity index (χ1n) is 13.2. The Morgan fingerprint density at radius 3 is 2.65 bits per heavy atom. The molecule has 8 heteroatoms. The Balaban J connectivity index is 1.22. The molecule has 0 radical (unpaired) electrons. The molecule has 2 heterocycles. The van der Waals surface area contributed by atoms with E-state index in [0.717, 1.165) is 62.5 Å². The molecule has 204 valence electrons. The predicted octanol–water partition coefficient (Wildman–Crippen LogP) is 5.89. The van der Waals surface area contributed by atoms with E-state index in [1.165, 1.54) is 29.8 Å². The van der Waals surface area contributed by atoms with Gasteiger partial charge in [0.2, 0.25) is 0 Å². The number of halogens is 2. The van der Waals surface area contributed by atoms with Crippen molar-refractivity contribution in [1.29, 1.82) is 0 Å². The SMILES string of the molecule is COC(=O)c1c(F)cccc1-c1ccc(CNC(=O)c2cccc(CCc3ccc4c(n3)NCCC4)c2)c(F)c1. The number of rotatable bonds is 8. The number of nitrogens with one attached hydrogen (secondary N) is 2. The van der Waals surface area contributed by atoms with Gasteiger partial charge in [0.1, 0.15) is 23.0 Å². The lowest BCUT2D eigenvalue weighted by Gasteiger charge is -2.17. The molecule has 4 aromatic rings. The number of hydrogen-bond donors (Lipinski definition) is 2. The minimum Gasteiger partial charge on any atom is -0.465 e. The molecule has 40 heavy (non-hydrogen) atoms. The Morgan fingerprint density at radius 2 is 1.82 bits per heavy atom. The van der Waals surface area contributed by atoms with E-state index < -0.39 is 17.6 Å². The number of fused-ring (bicyclic) bond motifs is 1. The highest BCUT2D eigenvalue weighted by Crippen LogP contribution is 2.28. The summed E-state index contributed by atoms with van der Waals surface area (Å²) in [5.41, 5.74) is 4.29. The Labute approximate surface area is 231 Å². The lowest BCUT2D eigenvalue weighted by Crippen LogP contribution is -2.23. The van der Waals surface area contributed by atoms with Crippen molar-refractivity contribution in [1.82, 2.24) is 10.3 Å². The zero-order valence-electron chi connectivity index (χ0n) is 22.1. The number of amides is 1. The second kappa shape index (κ2) is 12.1. The third-order valence-corrected chi connectivity index (χ3v) is 7.02. The van der Waals surface area contributed by atoms with E-state index in [2.05, 4.69) is 27.5 Å². The average molecular weight is 542 g/mol. The van der Waals surface area contributed by atoms with Gasteiger partial charge in [0, 0.05) is 29.9 Å². The highest BCUT2D eigenvalue weighted by Gasteiger charge is 2.19. The maximum absolute atomic E-state index is 15.0. The number of benzene rings is 3. The van der Waals surface area contributed by atoms with Crippen molar-refractivity contribution in [3.63, 3.8) is 0 Å². The van der Waals surface area contributed by atoms with Crippen molar-refractivity contribution < 1.29 is 23.1 Å². The molecule has 1 aliphatic rings. The summed E-state index contributed by atoms with van der Waals surface area (Å²) < 4.78 is 33.9. The number of hydrogen-bond acceptors (Lipinski definition) is 5. The lowest BCUT2D eigenvalue weighted by molar-refractivity contribution is 0.0596. The molecule has 0 atom stereocenters. The summed E-state index contributed by atoms with van der Waals surface area (Å²) in [4.78, 5) is 29.7. The van der Waals surface area contributed by atoms with Gasteiger partial charge in [-0.3, -0.25) is 4.79 Å². The van der Waals surface area contributed by atoms with Crippen LogP contribution in [0.5, 0.6) is 0 Å². The zero-order chi connectivity index (χ0) is 28.1. The molecule has 0 unspecified atom stereocenters. The summed E-state index contributed by atoms with van der Waals surface area (Å²) >= 11 is 0. The second-order valence-corrected chi connectivity index (χ2v) is 9.68. The van der Waals surface area contributed by atoms with Crippen molar-refractivity contribution in [2.75, 3.05) is 19.0 Å². The van der Waals surface area contributed by atoms with Crippen LogP contribution in [0.2, 0.25) is 0 Å². The van der Waals surface area contributed by atoms with Gasteiger partial charge in [-0.1, -0.05) is 42.5 Å². The molecule has 0 spiro atoms. The fraction of sp³-hybridized carbons (Fsp3) is 0.219. The van der Waals surface area contributed by atoms with Gasteiger partial charge in [-0.25, -0.2) is 18.6 Å². The van der Waals surface area contributed by atoms with E-state index in [9.17, 15) is 18.4 Å². The van der Waals surface area contributed by atoms with Crippen LogP contribution in [0.1, 0.15) is 49.5 Å². The van der Waals surface area contributed by atoms with Gasteiger partial charge in [-0.15, -0.1) is 0 Å². The minimum absolute atomic E-state index is 0.0335. The van der Waals surface area contributed by atoms with E-state index in [1.54, 1.807) is 12.1 Å². The smallest absolute Gasteiger partial charge is 0.341 e. The maximum atomic E-state index is 15.0. The van der Waals surface area contributed by atoms with E-state index in [-0.39, 0.29) is 29.1 Å². The van der Waals surface area contributed by atoms with Gasteiger partial charge in [0.15, 0.2) is 0 Å². The summed E-state index contributed by atoms with van der Waals surface area (Å²) in [7, 11) is 1.16. The predicted molar refractivity (Wildman–Crippen MR) is 149 cm³/mol. The van der Waals surface area contributed by atoms with Crippen LogP contribution in [-0.4, -0.2) is 30.5 Å². The fourth-order valence-corrected chi connectivity index (χ4v) is 4.86. The van der Waals surface area contributed by atoms with Crippen LogP contribution in [0, 0.1) is 11.6 Å². The van der Waals surface area contributed by atoms with Gasteiger partial charge in [0.05, 0.1) is 7.11 Å². The largest absolute Gasteiger partial charge is 0.465 e. The Bertz CT molecular complexity index is 1570. The molecule has 5 rings (SSSR count). The molecule has 0 bridgehead atoms. The number of carbonyl (C=O) groups is 2. The van der Waals surface area contributed by atoms with Gasteiger partial charge in [-0.2, -0.15) is 0 Å². The number of anilines is 1. The monoisotopic (exact) mass is 541 g/mol. The third-order valence-electron chi connectivity index (χ3n) is 7.02. The maximum Gasteiger partial charge on any atom is 0.341 e. The molecule has 0 saturated heterocycles. The molecular weight excluding hydrogens is 512 g/mol. The molecule has 1 aromatic heterocycles. The number of aromatic nitrogens is 1. The van der Waals surface area contributed by atoms with Crippen molar-refractivity contribution in [2.45, 2.75) is 32.2 Å². The van der Waals surface area contributed by atoms with Crippen LogP contribution in [0.4, 0.5) is 14.6 Å². The second-order valence-electron chi connectivity index (χ2n) is 9.68. The van der Waals surface area contributed by atoms with Crippen LogP contribution >= 0.6 is 0 Å². The number of methoxy groups -OCH3 is 1. The summed E-state index contributed by atoms with van der Waals surface area (Å²) in [6.45, 7) is 0.909. The summed E-state index contributed by atoms with van der Waals surface area (Å²) in [5.74, 6) is -1.53. The number of ether oxygens (including phenoxy) is 1. The molecule has 2 N–H and O–H groups in total. The summed E-state index contributed by atoms with van der Waals surface area (Å²) in [6.07, 6.45) is 3.65. The topological polar surface area (TPSA) is 80.3 Å². The molecule has 6 nitrogen and oxygen atoms in total. The molecule has 3 aromatic carbocycles. The first-order chi connectivity index (χ1) is 19.4. The van der Waals surface area contributed by atoms with Gasteiger partial charge >= 0.3 is 5.97 Å². The molecule has 1 amide bonds. The van der Waals surface area contributed by atoms with Crippen molar-refractivity contribution in [3.8, 4) is 11.1 Å². The summed E-state index contributed by atoms with van der Waals surface area (Å²) in [5, 5.41) is 6.12. The van der Waals surface area contributed by atoms with Crippen LogP contribution in [-0.2, 0) is 30.5 Å². The molecule has 0 aliphatic carbocycles. The Hall–Kier alpha value is -4.59. The molecule has 1 aliphatic heterocycles. The van der Waals surface area contributed by atoms with Crippen LogP contribution in [0.3, 0.4) is 0 Å². The van der Waals surface area contributed by atoms with Crippen LogP contribution < -0.4 is 10.6 Å². The van der Waals surface area contributed by atoms with Crippen molar-refractivity contribution in [3.05, 3.63) is 118 Å². The third kappa shape index (κ3) is 6.01. The molecular formula is C32H29F2N3O3. The van der Waals surface area contributed by atoms with E-state index in [0.29, 0.717) is 11.1 Å². The van der Waals surface area contributed by atoms with E-state index in [1.807, 2.05) is 18.2 Å². The van der Waals surface area contributed by atoms with Gasteiger partial charge < -0.3 is 15.4 Å². The van der Waals surface area contributed by atoms with Gasteiger partial charge in [-0.05, 0) is 78.3 Å². The number of nitrogens with zero attached hydrogens (tertiary/aromatic N) is 1. The zero-order valence-corrected chi connectivity index (χ0v) is 22.1. The Morgan fingerprint density at radius 1 is 0.975 bits per heavy atom. The van der Waals surface area contributed by atoms with Gasteiger partial charge in [0.25, 0.3) is 5.91 Å². The quantitative estimate of drug-likeness (QED) is 0.272. The molecule has 0 fully saturated rings. The normalized spacial score (nSPS) is 12.3. The van der Waals surface area contributed by atoms with E-state index in [4.69, 9.17) is 4.98 Å². The van der Waals surface area contributed by atoms with Crippen LogP contribution in [0.15, 0.2) is 72.8 Å². The highest BCUT2D eigenvalue weighted by atomic mass is 19.1. The first-order valence-corrected chi connectivity index (χ1v) is 13.2.